The lowest BCUT2D eigenvalue weighted by Crippen LogP contribution is -2.54. The molecule has 0 aromatic heterocycles. The van der Waals surface area contributed by atoms with Crippen molar-refractivity contribution < 1.29 is 13.9 Å². The summed E-state index contributed by atoms with van der Waals surface area (Å²) in [5, 5.41) is 3.28. The van der Waals surface area contributed by atoms with E-state index in [1.807, 2.05) is 0 Å². The van der Waals surface area contributed by atoms with Crippen LogP contribution in [0.5, 0.6) is 0 Å². The Kier molecular flexibility index (Phi) is 5.51. The Balaban J connectivity index is 1.78. The van der Waals surface area contributed by atoms with Crippen molar-refractivity contribution in [1.82, 2.24) is 10.2 Å². The standard InChI is InChI=1S/C19H27FN2O2/c1-2-22-11-3-4-17(14-22)21-18(23)19(9-12-24-13-10-19)15-5-7-16(20)8-6-15/h5-8,17H,2-4,9-14H2,1H3,(H,21,23). The minimum absolute atomic E-state index is 0.0698. The van der Waals surface area contributed by atoms with Gasteiger partial charge in [-0.1, -0.05) is 19.1 Å². The molecule has 1 atom stereocenters. The van der Waals surface area contributed by atoms with Crippen LogP contribution >= 0.6 is 0 Å². The molecule has 2 aliphatic heterocycles. The molecule has 2 fully saturated rings. The number of rotatable bonds is 4. The number of halogens is 1. The maximum atomic E-state index is 13.3. The van der Waals surface area contributed by atoms with Crippen molar-refractivity contribution in [2.75, 3.05) is 32.8 Å². The van der Waals surface area contributed by atoms with Crippen molar-refractivity contribution in [1.29, 1.82) is 0 Å². The van der Waals surface area contributed by atoms with Crippen LogP contribution in [0.4, 0.5) is 4.39 Å². The van der Waals surface area contributed by atoms with Crippen LogP contribution in [0.3, 0.4) is 0 Å². The molecule has 4 nitrogen and oxygen atoms in total. The van der Waals surface area contributed by atoms with Crippen LogP contribution in [0.2, 0.25) is 0 Å². The zero-order valence-electron chi connectivity index (χ0n) is 14.4. The van der Waals surface area contributed by atoms with Gasteiger partial charge in [0.05, 0.1) is 5.41 Å². The lowest BCUT2D eigenvalue weighted by molar-refractivity contribution is -0.131. The number of nitrogens with one attached hydrogen (secondary N) is 1. The number of piperidine rings is 1. The van der Waals surface area contributed by atoms with Crippen LogP contribution in [0.15, 0.2) is 24.3 Å². The number of nitrogens with zero attached hydrogens (tertiary/aromatic N) is 1. The highest BCUT2D eigenvalue weighted by Gasteiger charge is 2.42. The first-order valence-corrected chi connectivity index (χ1v) is 9.01. The fourth-order valence-corrected chi connectivity index (χ4v) is 3.92. The maximum absolute atomic E-state index is 13.3. The van der Waals surface area contributed by atoms with E-state index < -0.39 is 5.41 Å². The zero-order chi connectivity index (χ0) is 17.0. The number of hydrogen-bond acceptors (Lipinski definition) is 3. The second kappa shape index (κ2) is 7.62. The van der Waals surface area contributed by atoms with E-state index in [2.05, 4.69) is 17.1 Å². The maximum Gasteiger partial charge on any atom is 0.231 e. The van der Waals surface area contributed by atoms with Gasteiger partial charge >= 0.3 is 0 Å². The number of hydrogen-bond donors (Lipinski definition) is 1. The van der Waals surface area contributed by atoms with E-state index in [0.717, 1.165) is 38.0 Å². The van der Waals surface area contributed by atoms with Crippen molar-refractivity contribution in [2.45, 2.75) is 44.1 Å². The lowest BCUT2D eigenvalue weighted by Gasteiger charge is -2.39. The van der Waals surface area contributed by atoms with E-state index in [-0.39, 0.29) is 17.8 Å². The van der Waals surface area contributed by atoms with E-state index >= 15 is 0 Å². The van der Waals surface area contributed by atoms with Gasteiger partial charge in [-0.2, -0.15) is 0 Å². The predicted molar refractivity (Wildman–Crippen MR) is 91.4 cm³/mol. The predicted octanol–water partition coefficient (Wildman–Crippen LogP) is 2.47. The molecule has 24 heavy (non-hydrogen) atoms. The summed E-state index contributed by atoms with van der Waals surface area (Å²) in [6.45, 7) is 6.33. The van der Waals surface area contributed by atoms with E-state index in [9.17, 15) is 9.18 Å². The molecule has 5 heteroatoms. The number of likely N-dealkylation sites (tertiary alicyclic amines) is 1. The van der Waals surface area contributed by atoms with Gasteiger partial charge in [-0.3, -0.25) is 4.79 Å². The van der Waals surface area contributed by atoms with Crippen LogP contribution in [-0.4, -0.2) is 49.7 Å². The molecule has 1 aromatic rings. The van der Waals surface area contributed by atoms with Gasteiger partial charge in [-0.15, -0.1) is 0 Å². The van der Waals surface area contributed by atoms with E-state index in [1.54, 1.807) is 12.1 Å². The second-order valence-electron chi connectivity index (χ2n) is 6.91. The number of likely N-dealkylation sites (N-methyl/N-ethyl adjacent to an activating group) is 1. The van der Waals surface area contributed by atoms with Crippen molar-refractivity contribution in [3.05, 3.63) is 35.6 Å². The topological polar surface area (TPSA) is 41.6 Å². The Bertz CT molecular complexity index is 555. The van der Waals surface area contributed by atoms with Gasteiger partial charge in [0.15, 0.2) is 0 Å². The quantitative estimate of drug-likeness (QED) is 0.920. The van der Waals surface area contributed by atoms with Gasteiger partial charge in [-0.05, 0) is 56.5 Å². The first-order valence-electron chi connectivity index (χ1n) is 9.01. The van der Waals surface area contributed by atoms with Crippen LogP contribution in [0, 0.1) is 5.82 Å². The van der Waals surface area contributed by atoms with Crippen molar-refractivity contribution >= 4 is 5.91 Å². The molecule has 2 heterocycles. The summed E-state index contributed by atoms with van der Waals surface area (Å²) in [5.41, 5.74) is 0.299. The zero-order valence-corrected chi connectivity index (χ0v) is 14.4. The van der Waals surface area contributed by atoms with Gasteiger partial charge in [0.2, 0.25) is 5.91 Å². The molecule has 0 spiro atoms. The summed E-state index contributed by atoms with van der Waals surface area (Å²) in [4.78, 5) is 15.6. The molecule has 0 aliphatic carbocycles. The van der Waals surface area contributed by atoms with Gasteiger partial charge in [-0.25, -0.2) is 4.39 Å². The Labute approximate surface area is 143 Å². The van der Waals surface area contributed by atoms with Crippen LogP contribution in [0.1, 0.15) is 38.2 Å². The van der Waals surface area contributed by atoms with E-state index in [1.165, 1.54) is 12.1 Å². The molecular formula is C19H27FN2O2. The normalized spacial score (nSPS) is 24.5. The largest absolute Gasteiger partial charge is 0.381 e. The fourth-order valence-electron chi connectivity index (χ4n) is 3.92. The van der Waals surface area contributed by atoms with Crippen molar-refractivity contribution in [3.8, 4) is 0 Å². The molecule has 2 saturated heterocycles. The monoisotopic (exact) mass is 334 g/mol. The number of ether oxygens (including phenoxy) is 1. The summed E-state index contributed by atoms with van der Waals surface area (Å²) in [7, 11) is 0. The molecule has 1 N–H and O–H groups in total. The Morgan fingerprint density at radius 3 is 2.71 bits per heavy atom. The molecule has 1 aromatic carbocycles. The summed E-state index contributed by atoms with van der Waals surface area (Å²) in [6, 6.07) is 6.59. The molecule has 132 valence electrons. The highest BCUT2D eigenvalue weighted by molar-refractivity contribution is 5.88. The average Bonchev–Trinajstić information content (AvgIpc) is 2.63. The molecule has 2 aliphatic rings. The number of benzene rings is 1. The smallest absolute Gasteiger partial charge is 0.231 e. The van der Waals surface area contributed by atoms with Gasteiger partial charge in [0, 0.05) is 25.8 Å². The highest BCUT2D eigenvalue weighted by Crippen LogP contribution is 2.35. The Hall–Kier alpha value is -1.46. The average molecular weight is 334 g/mol. The minimum atomic E-state index is -0.597. The molecular weight excluding hydrogens is 307 g/mol. The summed E-state index contributed by atoms with van der Waals surface area (Å²) in [6.07, 6.45) is 3.44. The third-order valence-electron chi connectivity index (χ3n) is 5.47. The minimum Gasteiger partial charge on any atom is -0.381 e. The number of carbonyl (C=O) groups excluding carboxylic acids is 1. The first kappa shape index (κ1) is 17.4. The third kappa shape index (κ3) is 3.62. The van der Waals surface area contributed by atoms with Gasteiger partial charge < -0.3 is 15.0 Å². The molecule has 1 unspecified atom stereocenters. The summed E-state index contributed by atoms with van der Waals surface area (Å²) >= 11 is 0. The molecule has 0 bridgehead atoms. The number of carbonyl (C=O) groups is 1. The third-order valence-corrected chi connectivity index (χ3v) is 5.47. The van der Waals surface area contributed by atoms with Gasteiger partial charge in [0.1, 0.15) is 5.82 Å². The lowest BCUT2D eigenvalue weighted by atomic mass is 9.73. The molecule has 1 amide bonds. The summed E-state index contributed by atoms with van der Waals surface area (Å²) < 4.78 is 18.8. The molecule has 0 radical (unpaired) electrons. The van der Waals surface area contributed by atoms with Crippen LogP contribution in [-0.2, 0) is 14.9 Å². The number of amides is 1. The fraction of sp³-hybridized carbons (Fsp3) is 0.632. The highest BCUT2D eigenvalue weighted by atomic mass is 19.1. The Morgan fingerprint density at radius 2 is 2.04 bits per heavy atom. The van der Waals surface area contributed by atoms with Crippen LogP contribution < -0.4 is 5.32 Å². The van der Waals surface area contributed by atoms with Gasteiger partial charge in [0.25, 0.3) is 0 Å². The first-order chi connectivity index (χ1) is 11.6. The Morgan fingerprint density at radius 1 is 1.33 bits per heavy atom. The second-order valence-corrected chi connectivity index (χ2v) is 6.91. The van der Waals surface area contributed by atoms with Crippen molar-refractivity contribution in [3.63, 3.8) is 0 Å². The SMILES string of the molecule is CCN1CCCC(NC(=O)C2(c3ccc(F)cc3)CCOCC2)C1. The van der Waals surface area contributed by atoms with Crippen LogP contribution in [0.25, 0.3) is 0 Å². The molecule has 3 rings (SSSR count). The van der Waals surface area contributed by atoms with Crippen molar-refractivity contribution in [2.24, 2.45) is 0 Å². The van der Waals surface area contributed by atoms with E-state index in [4.69, 9.17) is 4.74 Å². The summed E-state index contributed by atoms with van der Waals surface area (Å²) in [5.74, 6) is -0.201. The van der Waals surface area contributed by atoms with E-state index in [0.29, 0.717) is 26.1 Å². The molecule has 0 saturated carbocycles.